The van der Waals surface area contributed by atoms with Gasteiger partial charge < -0.3 is 36.5 Å². The third kappa shape index (κ3) is 6.15. The summed E-state index contributed by atoms with van der Waals surface area (Å²) in [5.74, 6) is -4.71. The fourth-order valence-electron chi connectivity index (χ4n) is 4.17. The minimum absolute atomic E-state index is 0.150. The molecule has 0 spiro atoms. The van der Waals surface area contributed by atoms with Crippen molar-refractivity contribution in [2.75, 3.05) is 6.54 Å². The summed E-state index contributed by atoms with van der Waals surface area (Å²) in [6.07, 6.45) is 1.95. The third-order valence-corrected chi connectivity index (χ3v) is 6.02. The zero-order valence-electron chi connectivity index (χ0n) is 19.2. The molecule has 4 atom stereocenters. The average Bonchev–Trinajstić information content (AvgIpc) is 3.45. The molecular weight excluding hydrogens is 458 g/mol. The van der Waals surface area contributed by atoms with Crippen molar-refractivity contribution in [1.82, 2.24) is 20.5 Å². The van der Waals surface area contributed by atoms with E-state index in [1.165, 1.54) is 6.92 Å². The molecule has 3 rings (SSSR count). The maximum absolute atomic E-state index is 12.8. The maximum atomic E-state index is 12.8. The number of nitrogens with zero attached hydrogens (tertiary/aromatic N) is 1. The molecule has 0 saturated carbocycles. The molecule has 12 nitrogen and oxygen atoms in total. The summed E-state index contributed by atoms with van der Waals surface area (Å²) in [5.41, 5.74) is 7.78. The van der Waals surface area contributed by atoms with Crippen LogP contribution in [0.25, 0.3) is 10.9 Å². The van der Waals surface area contributed by atoms with Crippen LogP contribution in [0.4, 0.5) is 0 Å². The number of carboxylic acid groups (broad SMARTS) is 2. The fourth-order valence-corrected chi connectivity index (χ4v) is 4.17. The van der Waals surface area contributed by atoms with Crippen LogP contribution in [0.5, 0.6) is 0 Å². The van der Waals surface area contributed by atoms with E-state index in [0.717, 1.165) is 21.4 Å². The number of hydrogen-bond acceptors (Lipinski definition) is 6. The second kappa shape index (κ2) is 11.0. The number of likely N-dealkylation sites (tertiary alicyclic amines) is 1. The minimum Gasteiger partial charge on any atom is -0.481 e. The first-order valence-corrected chi connectivity index (χ1v) is 11.2. The highest BCUT2D eigenvalue weighted by Gasteiger charge is 2.38. The normalized spacial score (nSPS) is 18.0. The van der Waals surface area contributed by atoms with Gasteiger partial charge in [0.1, 0.15) is 18.1 Å². The molecule has 0 aliphatic carbocycles. The maximum Gasteiger partial charge on any atom is 0.326 e. The molecule has 1 aromatic heterocycles. The van der Waals surface area contributed by atoms with Crippen LogP contribution in [-0.4, -0.2) is 80.5 Å². The van der Waals surface area contributed by atoms with E-state index in [-0.39, 0.29) is 19.4 Å². The van der Waals surface area contributed by atoms with Crippen LogP contribution >= 0.6 is 0 Å². The van der Waals surface area contributed by atoms with Crippen LogP contribution in [0, 0.1) is 0 Å². The van der Waals surface area contributed by atoms with E-state index in [1.807, 2.05) is 24.3 Å². The lowest BCUT2D eigenvalue weighted by molar-refractivity contribution is -0.150. The van der Waals surface area contributed by atoms with E-state index in [9.17, 15) is 34.2 Å². The van der Waals surface area contributed by atoms with Gasteiger partial charge in [0.25, 0.3) is 0 Å². The summed E-state index contributed by atoms with van der Waals surface area (Å²) in [4.78, 5) is 64.9. The molecule has 3 amide bonds. The summed E-state index contributed by atoms with van der Waals surface area (Å²) < 4.78 is 0. The summed E-state index contributed by atoms with van der Waals surface area (Å²) in [6.45, 7) is 1.53. The Balaban J connectivity index is 1.61. The summed E-state index contributed by atoms with van der Waals surface area (Å²) in [6, 6.07) is 2.92. The topological polar surface area (TPSA) is 195 Å². The lowest BCUT2D eigenvalue weighted by Gasteiger charge is -2.27. The highest BCUT2D eigenvalue weighted by Crippen LogP contribution is 2.20. The number of para-hydroxylation sites is 1. The lowest BCUT2D eigenvalue weighted by atomic mass is 10.0. The van der Waals surface area contributed by atoms with E-state index in [0.29, 0.717) is 6.42 Å². The molecule has 4 unspecified atom stereocenters. The Morgan fingerprint density at radius 3 is 2.54 bits per heavy atom. The van der Waals surface area contributed by atoms with Crippen molar-refractivity contribution in [3.8, 4) is 0 Å². The lowest BCUT2D eigenvalue weighted by Crippen LogP contribution is -2.57. The Morgan fingerprint density at radius 2 is 1.86 bits per heavy atom. The Hall–Kier alpha value is -3.93. The molecule has 7 N–H and O–H groups in total. The molecule has 1 aliphatic rings. The summed E-state index contributed by atoms with van der Waals surface area (Å²) in [7, 11) is 0. The van der Waals surface area contributed by atoms with Gasteiger partial charge in [-0.2, -0.15) is 0 Å². The molecule has 1 aromatic carbocycles. The van der Waals surface area contributed by atoms with Crippen LogP contribution < -0.4 is 16.4 Å². The van der Waals surface area contributed by atoms with Crippen molar-refractivity contribution in [3.05, 3.63) is 36.0 Å². The number of nitrogens with one attached hydrogen (secondary N) is 3. The molecule has 1 fully saturated rings. The number of carbonyl (C=O) groups is 5. The Morgan fingerprint density at radius 1 is 1.14 bits per heavy atom. The smallest absolute Gasteiger partial charge is 0.326 e. The largest absolute Gasteiger partial charge is 0.481 e. The number of hydrogen-bond donors (Lipinski definition) is 6. The number of rotatable bonds is 10. The van der Waals surface area contributed by atoms with Gasteiger partial charge in [-0.25, -0.2) is 4.79 Å². The number of aliphatic carboxylic acids is 2. The van der Waals surface area contributed by atoms with Gasteiger partial charge in [0.2, 0.25) is 17.7 Å². The first kappa shape index (κ1) is 25.7. The van der Waals surface area contributed by atoms with Gasteiger partial charge in [-0.3, -0.25) is 19.2 Å². The first-order chi connectivity index (χ1) is 16.6. The average molecular weight is 488 g/mol. The Labute approximate surface area is 200 Å². The van der Waals surface area contributed by atoms with E-state index in [1.54, 1.807) is 6.20 Å². The van der Waals surface area contributed by atoms with Crippen molar-refractivity contribution < 1.29 is 34.2 Å². The number of nitrogens with two attached hydrogens (primary N) is 1. The zero-order valence-corrected chi connectivity index (χ0v) is 19.2. The van der Waals surface area contributed by atoms with Crippen LogP contribution in [0.15, 0.2) is 30.5 Å². The van der Waals surface area contributed by atoms with Crippen LogP contribution in [0.3, 0.4) is 0 Å². The number of fused-ring (bicyclic) bond motifs is 1. The molecule has 188 valence electrons. The first-order valence-electron chi connectivity index (χ1n) is 11.2. The quantitative estimate of drug-likeness (QED) is 0.260. The van der Waals surface area contributed by atoms with E-state index >= 15 is 0 Å². The Bertz CT molecular complexity index is 1130. The SMILES string of the molecule is CC(NC(=O)C(N)Cc1c[nH]c2ccccc12)C(=O)NC(CC(=O)O)C(=O)N1CCCC1C(=O)O. The molecule has 0 radical (unpaired) electrons. The zero-order chi connectivity index (χ0) is 25.7. The fraction of sp³-hybridized carbons (Fsp3) is 0.435. The number of H-pyrrole nitrogens is 1. The van der Waals surface area contributed by atoms with Gasteiger partial charge in [0.15, 0.2) is 0 Å². The second-order valence-corrected chi connectivity index (χ2v) is 8.59. The van der Waals surface area contributed by atoms with E-state index in [4.69, 9.17) is 5.73 Å². The van der Waals surface area contributed by atoms with Gasteiger partial charge in [0, 0.05) is 23.6 Å². The van der Waals surface area contributed by atoms with Crippen molar-refractivity contribution in [3.63, 3.8) is 0 Å². The standard InChI is InChI=1S/C23H29N5O7/c1-12(26-21(32)15(24)9-13-11-25-16-6-3-2-5-14(13)16)20(31)27-17(10-19(29)30)22(33)28-8-4-7-18(28)23(34)35/h2-3,5-6,11-12,15,17-18,25H,4,7-10,24H2,1H3,(H,26,32)(H,27,31)(H,29,30)(H,34,35). The van der Waals surface area contributed by atoms with E-state index in [2.05, 4.69) is 15.6 Å². The van der Waals surface area contributed by atoms with Gasteiger partial charge in [0.05, 0.1) is 12.5 Å². The van der Waals surface area contributed by atoms with Crippen LogP contribution in [-0.2, 0) is 30.4 Å². The number of carbonyl (C=O) groups excluding carboxylic acids is 3. The van der Waals surface area contributed by atoms with Crippen LogP contribution in [0.2, 0.25) is 0 Å². The molecule has 35 heavy (non-hydrogen) atoms. The Kier molecular flexibility index (Phi) is 8.07. The molecular formula is C23H29N5O7. The number of amides is 3. The van der Waals surface area contributed by atoms with Crippen LogP contribution in [0.1, 0.15) is 31.7 Å². The highest BCUT2D eigenvalue weighted by atomic mass is 16.4. The molecule has 2 heterocycles. The second-order valence-electron chi connectivity index (χ2n) is 8.59. The summed E-state index contributed by atoms with van der Waals surface area (Å²) in [5, 5.41) is 24.2. The summed E-state index contributed by atoms with van der Waals surface area (Å²) >= 11 is 0. The molecule has 2 aromatic rings. The third-order valence-electron chi connectivity index (χ3n) is 6.02. The van der Waals surface area contributed by atoms with Crippen molar-refractivity contribution in [1.29, 1.82) is 0 Å². The van der Waals surface area contributed by atoms with Crippen molar-refractivity contribution in [2.45, 2.75) is 56.8 Å². The number of aromatic amines is 1. The predicted octanol–water partition coefficient (Wildman–Crippen LogP) is -0.422. The minimum atomic E-state index is -1.47. The van der Waals surface area contributed by atoms with Gasteiger partial charge in [-0.15, -0.1) is 0 Å². The molecule has 1 saturated heterocycles. The van der Waals surface area contributed by atoms with E-state index < -0.39 is 60.2 Å². The highest BCUT2D eigenvalue weighted by molar-refractivity contribution is 5.96. The van der Waals surface area contributed by atoms with Gasteiger partial charge in [-0.05, 0) is 37.8 Å². The molecule has 1 aliphatic heterocycles. The molecule has 0 bridgehead atoms. The predicted molar refractivity (Wildman–Crippen MR) is 124 cm³/mol. The van der Waals surface area contributed by atoms with Gasteiger partial charge in [-0.1, -0.05) is 18.2 Å². The van der Waals surface area contributed by atoms with Crippen molar-refractivity contribution >= 4 is 40.6 Å². The number of carboxylic acids is 2. The number of aromatic nitrogens is 1. The van der Waals surface area contributed by atoms with Crippen molar-refractivity contribution in [2.24, 2.45) is 5.73 Å². The van der Waals surface area contributed by atoms with Gasteiger partial charge >= 0.3 is 11.9 Å². The monoisotopic (exact) mass is 487 g/mol. The molecule has 12 heteroatoms. The number of benzene rings is 1.